The Labute approximate surface area is 300 Å². The van der Waals surface area contributed by atoms with Crippen LogP contribution in [0.25, 0.3) is 75.0 Å². The Bertz CT molecular complexity index is 3100. The highest BCUT2D eigenvalue weighted by Gasteiger charge is 2.38. The number of fused-ring (bicyclic) bond motifs is 13. The summed E-state index contributed by atoms with van der Waals surface area (Å²) in [5.41, 5.74) is 7.02. The van der Waals surface area contributed by atoms with Crippen LogP contribution in [0.1, 0.15) is 2.74 Å². The number of hydrazine groups is 1. The SMILES string of the molecule is [2H]c1cccc([2H])c1-c1nc(N2c3c(c4ccccc4c4c3sc3ccccc34)-c3c(ccc4ccccc34)N2c2ccccc2)nc2ccccc12. The first kappa shape index (κ1) is 26.3. The number of benzene rings is 8. The third kappa shape index (κ3) is 4.13. The lowest BCUT2D eigenvalue weighted by Crippen LogP contribution is -2.40. The van der Waals surface area contributed by atoms with Crippen LogP contribution >= 0.6 is 11.3 Å². The van der Waals surface area contributed by atoms with Crippen molar-refractivity contribution in [1.82, 2.24) is 9.97 Å². The molecule has 1 aliphatic rings. The van der Waals surface area contributed by atoms with Gasteiger partial charge in [0.15, 0.2) is 0 Å². The first-order chi connectivity index (χ1) is 26.2. The highest BCUT2D eigenvalue weighted by Crippen LogP contribution is 2.58. The summed E-state index contributed by atoms with van der Waals surface area (Å²) in [6.07, 6.45) is 0. The van der Waals surface area contributed by atoms with Gasteiger partial charge >= 0.3 is 0 Å². The van der Waals surface area contributed by atoms with E-state index in [1.807, 2.05) is 30.3 Å². The summed E-state index contributed by atoms with van der Waals surface area (Å²) in [7, 11) is 0. The maximum Gasteiger partial charge on any atom is 0.251 e. The van der Waals surface area contributed by atoms with Crippen LogP contribution in [0.2, 0.25) is 0 Å². The summed E-state index contributed by atoms with van der Waals surface area (Å²) in [6.45, 7) is 0. The van der Waals surface area contributed by atoms with Crippen molar-refractivity contribution in [3.63, 3.8) is 0 Å². The fraction of sp³-hybridized carbons (Fsp3) is 0. The quantitative estimate of drug-likeness (QED) is 0.187. The number of rotatable bonds is 3. The van der Waals surface area contributed by atoms with Crippen molar-refractivity contribution in [1.29, 1.82) is 0 Å². The number of nitrogens with zero attached hydrogens (tertiary/aromatic N) is 4. The molecule has 238 valence electrons. The van der Waals surface area contributed by atoms with Gasteiger partial charge in [-0.25, -0.2) is 20.0 Å². The molecule has 51 heavy (non-hydrogen) atoms. The Morgan fingerprint density at radius 1 is 0.510 bits per heavy atom. The molecule has 0 saturated carbocycles. The molecule has 10 aromatic rings. The number of aromatic nitrogens is 2. The zero-order valence-electron chi connectivity index (χ0n) is 29.2. The fourth-order valence-electron chi connectivity index (χ4n) is 7.85. The third-order valence-electron chi connectivity index (χ3n) is 9.98. The van der Waals surface area contributed by atoms with Crippen LogP contribution < -0.4 is 10.0 Å². The summed E-state index contributed by atoms with van der Waals surface area (Å²) in [5.74, 6) is 0.458. The molecule has 0 fully saturated rings. The molecule has 4 nitrogen and oxygen atoms in total. The average molecular weight is 671 g/mol. The normalized spacial score (nSPS) is 13.2. The second-order valence-corrected chi connectivity index (χ2v) is 13.8. The van der Waals surface area contributed by atoms with Crippen LogP contribution in [-0.4, -0.2) is 9.97 Å². The van der Waals surface area contributed by atoms with Gasteiger partial charge in [0.05, 0.1) is 35.7 Å². The molecule has 5 heteroatoms. The molecule has 8 aromatic carbocycles. The summed E-state index contributed by atoms with van der Waals surface area (Å²) in [5, 5.41) is 12.3. The molecule has 0 radical (unpaired) electrons. The third-order valence-corrected chi connectivity index (χ3v) is 11.2. The lowest BCUT2D eigenvalue weighted by molar-refractivity contribution is 0.933. The molecule has 11 rings (SSSR count). The summed E-state index contributed by atoms with van der Waals surface area (Å²) >= 11 is 1.79. The molecule has 3 heterocycles. The summed E-state index contributed by atoms with van der Waals surface area (Å²) in [6, 6.07) is 54.5. The zero-order valence-corrected chi connectivity index (χ0v) is 28.0. The predicted molar refractivity (Wildman–Crippen MR) is 215 cm³/mol. The van der Waals surface area contributed by atoms with Crippen molar-refractivity contribution in [2.45, 2.75) is 0 Å². The highest BCUT2D eigenvalue weighted by molar-refractivity contribution is 7.26. The first-order valence-electron chi connectivity index (χ1n) is 18.0. The Morgan fingerprint density at radius 3 is 2.02 bits per heavy atom. The van der Waals surface area contributed by atoms with E-state index in [1.54, 1.807) is 29.5 Å². The summed E-state index contributed by atoms with van der Waals surface area (Å²) in [4.78, 5) is 10.8. The average Bonchev–Trinajstić information content (AvgIpc) is 3.60. The molecule has 0 N–H and O–H groups in total. The molecule has 0 amide bonds. The zero-order chi connectivity index (χ0) is 35.2. The van der Waals surface area contributed by atoms with Crippen LogP contribution in [0.5, 0.6) is 0 Å². The second kappa shape index (κ2) is 11.0. The minimum atomic E-state index is 0.251. The number of thiophene rings is 1. The topological polar surface area (TPSA) is 32.3 Å². The fourth-order valence-corrected chi connectivity index (χ4v) is 9.11. The van der Waals surface area contributed by atoms with E-state index in [2.05, 4.69) is 119 Å². The van der Waals surface area contributed by atoms with Crippen LogP contribution in [0.3, 0.4) is 0 Å². The van der Waals surface area contributed by atoms with E-state index < -0.39 is 0 Å². The molecule has 0 atom stereocenters. The van der Waals surface area contributed by atoms with Gasteiger partial charge in [-0.2, -0.15) is 0 Å². The van der Waals surface area contributed by atoms with Crippen LogP contribution in [0.15, 0.2) is 170 Å². The van der Waals surface area contributed by atoms with Crippen LogP contribution in [-0.2, 0) is 0 Å². The molecule has 1 aliphatic heterocycles. The van der Waals surface area contributed by atoms with E-state index in [9.17, 15) is 0 Å². The van der Waals surface area contributed by atoms with E-state index in [-0.39, 0.29) is 12.1 Å². The monoisotopic (exact) mass is 670 g/mol. The second-order valence-electron chi connectivity index (χ2n) is 12.8. The van der Waals surface area contributed by atoms with Crippen molar-refractivity contribution in [2.24, 2.45) is 0 Å². The van der Waals surface area contributed by atoms with Gasteiger partial charge in [0.1, 0.15) is 0 Å². The van der Waals surface area contributed by atoms with Gasteiger partial charge in [0.25, 0.3) is 5.95 Å². The van der Waals surface area contributed by atoms with Crippen LogP contribution in [0.4, 0.5) is 23.0 Å². The molecule has 0 aliphatic carbocycles. The highest BCUT2D eigenvalue weighted by atomic mass is 32.1. The Morgan fingerprint density at radius 2 is 1.18 bits per heavy atom. The predicted octanol–water partition coefficient (Wildman–Crippen LogP) is 12.8. The van der Waals surface area contributed by atoms with E-state index >= 15 is 0 Å². The summed E-state index contributed by atoms with van der Waals surface area (Å²) < 4.78 is 20.3. The van der Waals surface area contributed by atoms with Crippen molar-refractivity contribution in [3.8, 4) is 22.4 Å². The molecule has 0 saturated heterocycles. The largest absolute Gasteiger partial charge is 0.251 e. The number of anilines is 4. The number of hydrogen-bond acceptors (Lipinski definition) is 5. The van der Waals surface area contributed by atoms with Crippen LogP contribution in [0, 0.1) is 0 Å². The number of para-hydroxylation sites is 2. The molecule has 0 bridgehead atoms. The van der Waals surface area contributed by atoms with Crippen molar-refractivity contribution >= 4 is 87.0 Å². The Kier molecular flexibility index (Phi) is 5.66. The molecular formula is C46H28N4S. The van der Waals surface area contributed by atoms with E-state index in [4.69, 9.17) is 12.7 Å². The van der Waals surface area contributed by atoms with Gasteiger partial charge in [-0.1, -0.05) is 139 Å². The van der Waals surface area contributed by atoms with Gasteiger partial charge in [-0.05, 0) is 51.9 Å². The molecule has 0 spiro atoms. The van der Waals surface area contributed by atoms with Crippen molar-refractivity contribution in [3.05, 3.63) is 170 Å². The van der Waals surface area contributed by atoms with Gasteiger partial charge in [-0.15, -0.1) is 11.3 Å². The maximum absolute atomic E-state index is 8.96. The van der Waals surface area contributed by atoms with Crippen molar-refractivity contribution in [2.75, 3.05) is 10.0 Å². The van der Waals surface area contributed by atoms with E-state index in [1.165, 1.54) is 31.6 Å². The first-order valence-corrected chi connectivity index (χ1v) is 17.8. The Balaban J connectivity index is 1.37. The minimum Gasteiger partial charge on any atom is -0.246 e. The lowest BCUT2D eigenvalue weighted by atomic mass is 9.87. The molecule has 2 aromatic heterocycles. The number of hydrogen-bond donors (Lipinski definition) is 0. The molecular weight excluding hydrogens is 641 g/mol. The Hall–Kier alpha value is -6.56. The van der Waals surface area contributed by atoms with Gasteiger partial charge in [-0.3, -0.25) is 0 Å². The van der Waals surface area contributed by atoms with Gasteiger partial charge in [0.2, 0.25) is 0 Å². The molecule has 0 unspecified atom stereocenters. The maximum atomic E-state index is 8.96. The van der Waals surface area contributed by atoms with Crippen molar-refractivity contribution < 1.29 is 2.74 Å². The van der Waals surface area contributed by atoms with E-state index in [0.717, 1.165) is 49.2 Å². The smallest absolute Gasteiger partial charge is 0.246 e. The van der Waals surface area contributed by atoms with E-state index in [0.29, 0.717) is 17.2 Å². The standard InChI is InChI=1S/C46H28N4S/c1-3-16-30(17-4-1)43-35-23-11-13-25-37(35)47-46(48-43)50-44-42(34-22-10-9-21-33(34)40-36-24-12-14-26-39(36)51-45(40)44)41-32-20-8-7-15-29(32)27-28-38(41)49(50)31-18-5-2-6-19-31/h1-28H/i16D,17D. The lowest BCUT2D eigenvalue weighted by Gasteiger charge is -2.43. The van der Waals surface area contributed by atoms with Gasteiger partial charge < -0.3 is 0 Å². The van der Waals surface area contributed by atoms with Gasteiger partial charge in [0, 0.05) is 37.5 Å². The minimum absolute atomic E-state index is 0.251.